The lowest BCUT2D eigenvalue weighted by molar-refractivity contribution is -0.00288. The van der Waals surface area contributed by atoms with E-state index in [4.69, 9.17) is 13.7 Å². The molecule has 112 valence electrons. The van der Waals surface area contributed by atoms with Gasteiger partial charge in [0.2, 0.25) is 11.7 Å². The molecule has 0 unspecified atom stereocenters. The second-order valence-electron chi connectivity index (χ2n) is 6.11. The van der Waals surface area contributed by atoms with E-state index in [1.807, 2.05) is 12.1 Å². The van der Waals surface area contributed by atoms with Crippen molar-refractivity contribution in [1.82, 2.24) is 15.0 Å². The van der Waals surface area contributed by atoms with Gasteiger partial charge in [0.15, 0.2) is 5.76 Å². The number of hydrogen-bond acceptors (Lipinski definition) is 6. The summed E-state index contributed by atoms with van der Waals surface area (Å²) in [7, 11) is 0. The van der Waals surface area contributed by atoms with Gasteiger partial charge in [0.05, 0.1) is 19.4 Å². The summed E-state index contributed by atoms with van der Waals surface area (Å²) in [5.74, 6) is 1.81. The molecule has 0 amide bonds. The summed E-state index contributed by atoms with van der Waals surface area (Å²) < 4.78 is 16.3. The highest BCUT2D eigenvalue weighted by Crippen LogP contribution is 2.38. The van der Waals surface area contributed by atoms with Gasteiger partial charge >= 0.3 is 0 Å². The van der Waals surface area contributed by atoms with Gasteiger partial charge in [-0.15, -0.1) is 0 Å². The molecule has 0 radical (unpaired) electrons. The predicted octanol–water partition coefficient (Wildman–Crippen LogP) is 2.33. The third-order valence-electron chi connectivity index (χ3n) is 4.49. The first kappa shape index (κ1) is 13.0. The smallest absolute Gasteiger partial charge is 0.241 e. The maximum absolute atomic E-state index is 5.67. The van der Waals surface area contributed by atoms with Gasteiger partial charge in [-0.3, -0.25) is 4.90 Å². The molecule has 2 aromatic heterocycles. The fraction of sp³-hybridized carbons (Fsp3) is 0.600. The topological polar surface area (TPSA) is 64.5 Å². The Morgan fingerprint density at radius 1 is 1.33 bits per heavy atom. The summed E-state index contributed by atoms with van der Waals surface area (Å²) in [6.07, 6.45) is 5.26. The highest BCUT2D eigenvalue weighted by atomic mass is 16.5. The number of likely N-dealkylation sites (tertiary alicyclic amines) is 1. The van der Waals surface area contributed by atoms with Crippen LogP contribution in [0.3, 0.4) is 0 Å². The lowest BCUT2D eigenvalue weighted by Gasteiger charge is -2.33. The quantitative estimate of drug-likeness (QED) is 0.864. The fourth-order valence-corrected chi connectivity index (χ4v) is 3.41. The van der Waals surface area contributed by atoms with Crippen molar-refractivity contribution in [3.8, 4) is 11.6 Å². The zero-order valence-electron chi connectivity index (χ0n) is 12.0. The predicted molar refractivity (Wildman–Crippen MR) is 74.4 cm³/mol. The van der Waals surface area contributed by atoms with Crippen LogP contribution in [-0.4, -0.2) is 41.3 Å². The molecular formula is C15H19N3O3. The summed E-state index contributed by atoms with van der Waals surface area (Å²) in [6, 6.07) is 3.65. The van der Waals surface area contributed by atoms with Gasteiger partial charge in [-0.05, 0) is 37.9 Å². The highest BCUT2D eigenvalue weighted by molar-refractivity contribution is 5.44. The molecule has 6 heteroatoms. The third kappa shape index (κ3) is 2.61. The van der Waals surface area contributed by atoms with Gasteiger partial charge in [0.25, 0.3) is 0 Å². The lowest BCUT2D eigenvalue weighted by atomic mass is 9.82. The molecule has 0 aliphatic carbocycles. The summed E-state index contributed by atoms with van der Waals surface area (Å²) in [4.78, 5) is 6.79. The van der Waals surface area contributed by atoms with Gasteiger partial charge in [0.1, 0.15) is 0 Å². The number of hydrogen-bond donors (Lipinski definition) is 0. The first-order chi connectivity index (χ1) is 10.3. The van der Waals surface area contributed by atoms with Crippen molar-refractivity contribution >= 4 is 0 Å². The molecule has 0 aromatic carbocycles. The molecule has 2 saturated heterocycles. The first-order valence-electron chi connectivity index (χ1n) is 7.50. The Hall–Kier alpha value is -1.66. The minimum absolute atomic E-state index is 0.349. The van der Waals surface area contributed by atoms with E-state index in [0.29, 0.717) is 29.4 Å². The Balaban J connectivity index is 1.41. The van der Waals surface area contributed by atoms with E-state index >= 15 is 0 Å². The zero-order chi connectivity index (χ0) is 14.1. The number of aromatic nitrogens is 2. The Morgan fingerprint density at radius 3 is 3.14 bits per heavy atom. The molecule has 0 N–H and O–H groups in total. The zero-order valence-corrected chi connectivity index (χ0v) is 12.0. The van der Waals surface area contributed by atoms with Crippen LogP contribution in [-0.2, 0) is 11.3 Å². The number of nitrogens with zero attached hydrogens (tertiary/aromatic N) is 3. The Bertz CT molecular complexity index is 587. The highest BCUT2D eigenvalue weighted by Gasteiger charge is 2.39. The molecule has 2 aromatic rings. The van der Waals surface area contributed by atoms with E-state index in [-0.39, 0.29) is 0 Å². The number of ether oxygens (including phenoxy) is 1. The van der Waals surface area contributed by atoms with Crippen molar-refractivity contribution in [3.05, 3.63) is 24.3 Å². The lowest BCUT2D eigenvalue weighted by Crippen LogP contribution is -2.34. The largest absolute Gasteiger partial charge is 0.461 e. The molecule has 6 nitrogen and oxygen atoms in total. The number of rotatable bonds is 3. The van der Waals surface area contributed by atoms with Gasteiger partial charge < -0.3 is 13.7 Å². The van der Waals surface area contributed by atoms with E-state index in [1.54, 1.807) is 6.26 Å². The van der Waals surface area contributed by atoms with Crippen LogP contribution in [0.25, 0.3) is 11.6 Å². The molecule has 1 atom stereocenters. The average molecular weight is 289 g/mol. The SMILES string of the molecule is c1coc(-c2noc(CN3CC[C@@]4(CCCOC4)C3)n2)c1. The van der Waals surface area contributed by atoms with Crippen LogP contribution in [0.2, 0.25) is 0 Å². The Labute approximate surface area is 123 Å². The molecule has 4 heterocycles. The molecular weight excluding hydrogens is 270 g/mol. The van der Waals surface area contributed by atoms with E-state index in [0.717, 1.165) is 26.3 Å². The van der Waals surface area contributed by atoms with Gasteiger partial charge in [0, 0.05) is 18.6 Å². The second-order valence-corrected chi connectivity index (χ2v) is 6.11. The van der Waals surface area contributed by atoms with Crippen LogP contribution in [0.5, 0.6) is 0 Å². The van der Waals surface area contributed by atoms with E-state index in [9.17, 15) is 0 Å². The maximum atomic E-state index is 5.67. The molecule has 1 spiro atoms. The van der Waals surface area contributed by atoms with Crippen LogP contribution in [0.1, 0.15) is 25.2 Å². The monoisotopic (exact) mass is 289 g/mol. The van der Waals surface area contributed by atoms with Crippen LogP contribution in [0, 0.1) is 5.41 Å². The number of furan rings is 1. The van der Waals surface area contributed by atoms with Crippen molar-refractivity contribution in [3.63, 3.8) is 0 Å². The normalized spacial score (nSPS) is 26.7. The fourth-order valence-electron chi connectivity index (χ4n) is 3.41. The standard InChI is InChI=1S/C15H19N3O3/c1-3-12(20-8-1)14-16-13(21-17-14)9-18-6-5-15(10-18)4-2-7-19-11-15/h1,3,8H,2,4-7,9-11H2/t15-/m0/s1. The van der Waals surface area contributed by atoms with Crippen LogP contribution in [0.4, 0.5) is 0 Å². The van der Waals surface area contributed by atoms with Gasteiger partial charge in [-0.25, -0.2) is 0 Å². The molecule has 4 rings (SSSR count). The Kier molecular flexibility index (Phi) is 3.27. The maximum Gasteiger partial charge on any atom is 0.241 e. The minimum atomic E-state index is 0.349. The second kappa shape index (κ2) is 5.27. The van der Waals surface area contributed by atoms with Crippen molar-refractivity contribution < 1.29 is 13.7 Å². The molecule has 2 aliphatic rings. The molecule has 21 heavy (non-hydrogen) atoms. The van der Waals surface area contributed by atoms with Gasteiger partial charge in [-0.1, -0.05) is 5.16 Å². The average Bonchev–Trinajstić information content (AvgIpc) is 3.22. The first-order valence-corrected chi connectivity index (χ1v) is 7.50. The van der Waals surface area contributed by atoms with E-state index < -0.39 is 0 Å². The molecule has 2 fully saturated rings. The summed E-state index contributed by atoms with van der Waals surface area (Å²) in [5.41, 5.74) is 0.349. The molecule has 0 bridgehead atoms. The Morgan fingerprint density at radius 2 is 2.33 bits per heavy atom. The van der Waals surface area contributed by atoms with Crippen LogP contribution in [0.15, 0.2) is 27.3 Å². The van der Waals surface area contributed by atoms with Crippen molar-refractivity contribution in [1.29, 1.82) is 0 Å². The van der Waals surface area contributed by atoms with Crippen LogP contribution < -0.4 is 0 Å². The summed E-state index contributed by atoms with van der Waals surface area (Å²) >= 11 is 0. The van der Waals surface area contributed by atoms with Crippen molar-refractivity contribution in [2.24, 2.45) is 5.41 Å². The van der Waals surface area contributed by atoms with E-state index in [2.05, 4.69) is 15.0 Å². The van der Waals surface area contributed by atoms with Crippen molar-refractivity contribution in [2.75, 3.05) is 26.3 Å². The molecule has 2 aliphatic heterocycles. The summed E-state index contributed by atoms with van der Waals surface area (Å²) in [6.45, 7) is 4.64. The van der Waals surface area contributed by atoms with Gasteiger partial charge in [-0.2, -0.15) is 4.98 Å². The van der Waals surface area contributed by atoms with E-state index in [1.165, 1.54) is 19.3 Å². The minimum Gasteiger partial charge on any atom is -0.461 e. The molecule has 0 saturated carbocycles. The van der Waals surface area contributed by atoms with Crippen LogP contribution >= 0.6 is 0 Å². The van der Waals surface area contributed by atoms with Crippen molar-refractivity contribution in [2.45, 2.75) is 25.8 Å². The third-order valence-corrected chi connectivity index (χ3v) is 4.49. The summed E-state index contributed by atoms with van der Waals surface area (Å²) in [5, 5.41) is 3.97.